The molecule has 0 radical (unpaired) electrons. The SMILES string of the molecule is C#CCC(Nc1nnc(C)s1)C(=O)O. The Bertz CT molecular complexity index is 369. The molecule has 0 aromatic carbocycles. The van der Waals surface area contributed by atoms with Crippen molar-refractivity contribution in [3.63, 3.8) is 0 Å². The average Bonchev–Trinajstić information content (AvgIpc) is 2.50. The van der Waals surface area contributed by atoms with Crippen molar-refractivity contribution in [1.29, 1.82) is 0 Å². The van der Waals surface area contributed by atoms with Gasteiger partial charge in [-0.1, -0.05) is 11.3 Å². The van der Waals surface area contributed by atoms with Gasteiger partial charge in [0.1, 0.15) is 11.0 Å². The monoisotopic (exact) mass is 211 g/mol. The van der Waals surface area contributed by atoms with Gasteiger partial charge in [0.05, 0.1) is 0 Å². The van der Waals surface area contributed by atoms with Gasteiger partial charge in [-0.2, -0.15) is 0 Å². The lowest BCUT2D eigenvalue weighted by Crippen LogP contribution is -2.28. The first-order valence-electron chi connectivity index (χ1n) is 3.86. The molecule has 1 atom stereocenters. The molecule has 1 rings (SSSR count). The molecule has 1 unspecified atom stereocenters. The molecular formula is C8H9N3O2S. The van der Waals surface area contributed by atoms with Gasteiger partial charge in [-0.3, -0.25) is 0 Å². The third-order valence-electron chi connectivity index (χ3n) is 1.44. The summed E-state index contributed by atoms with van der Waals surface area (Å²) in [4.78, 5) is 10.7. The second kappa shape index (κ2) is 4.58. The molecule has 74 valence electrons. The Hall–Kier alpha value is -1.61. The van der Waals surface area contributed by atoms with E-state index in [-0.39, 0.29) is 6.42 Å². The zero-order valence-electron chi connectivity index (χ0n) is 7.52. The predicted molar refractivity (Wildman–Crippen MR) is 53.1 cm³/mol. The molecule has 14 heavy (non-hydrogen) atoms. The Labute approximate surface area is 85.2 Å². The highest BCUT2D eigenvalue weighted by Gasteiger charge is 2.17. The number of carbonyl (C=O) groups is 1. The van der Waals surface area contributed by atoms with Crippen LogP contribution >= 0.6 is 11.3 Å². The van der Waals surface area contributed by atoms with Crippen LogP contribution in [0.25, 0.3) is 0 Å². The molecule has 0 amide bonds. The van der Waals surface area contributed by atoms with Gasteiger partial charge in [0, 0.05) is 6.42 Å². The van der Waals surface area contributed by atoms with Crippen LogP contribution in [0.2, 0.25) is 0 Å². The molecule has 0 aliphatic heterocycles. The highest BCUT2D eigenvalue weighted by molar-refractivity contribution is 7.15. The molecule has 0 bridgehead atoms. The molecule has 0 spiro atoms. The van der Waals surface area contributed by atoms with Crippen LogP contribution in [0, 0.1) is 19.3 Å². The van der Waals surface area contributed by atoms with Crippen LogP contribution < -0.4 is 5.32 Å². The Morgan fingerprint density at radius 1 is 1.79 bits per heavy atom. The third-order valence-corrected chi connectivity index (χ3v) is 2.21. The molecule has 1 aromatic rings. The lowest BCUT2D eigenvalue weighted by molar-refractivity contribution is -0.137. The number of carboxylic acids is 1. The van der Waals surface area contributed by atoms with Gasteiger partial charge in [0.2, 0.25) is 5.13 Å². The van der Waals surface area contributed by atoms with Crippen molar-refractivity contribution in [3.05, 3.63) is 5.01 Å². The molecule has 1 heterocycles. The zero-order chi connectivity index (χ0) is 10.6. The number of terminal acetylenes is 1. The molecule has 0 aliphatic rings. The van der Waals surface area contributed by atoms with Gasteiger partial charge < -0.3 is 10.4 Å². The first kappa shape index (κ1) is 10.5. The standard InChI is InChI=1S/C8H9N3O2S/c1-3-4-6(7(12)13)9-8-11-10-5(2)14-8/h1,6H,4H2,2H3,(H,9,11)(H,12,13). The molecule has 1 aromatic heterocycles. The zero-order valence-corrected chi connectivity index (χ0v) is 8.34. The summed E-state index contributed by atoms with van der Waals surface area (Å²) in [7, 11) is 0. The van der Waals surface area contributed by atoms with Crippen LogP contribution in [0.5, 0.6) is 0 Å². The maximum absolute atomic E-state index is 10.7. The molecule has 0 fully saturated rings. The fourth-order valence-electron chi connectivity index (χ4n) is 0.822. The lowest BCUT2D eigenvalue weighted by Gasteiger charge is -2.08. The van der Waals surface area contributed by atoms with Crippen molar-refractivity contribution >= 4 is 22.4 Å². The van der Waals surface area contributed by atoms with Crippen LogP contribution in [-0.4, -0.2) is 27.3 Å². The van der Waals surface area contributed by atoms with E-state index in [2.05, 4.69) is 21.4 Å². The maximum Gasteiger partial charge on any atom is 0.327 e. The number of aryl methyl sites for hydroxylation is 1. The van der Waals surface area contributed by atoms with E-state index >= 15 is 0 Å². The van der Waals surface area contributed by atoms with Gasteiger partial charge in [0.15, 0.2) is 0 Å². The second-order valence-corrected chi connectivity index (χ2v) is 3.75. The van der Waals surface area contributed by atoms with E-state index in [0.29, 0.717) is 5.13 Å². The van der Waals surface area contributed by atoms with Gasteiger partial charge in [-0.15, -0.1) is 22.5 Å². The third kappa shape index (κ3) is 2.71. The summed E-state index contributed by atoms with van der Waals surface area (Å²) in [6, 6.07) is -0.799. The Morgan fingerprint density at radius 2 is 2.50 bits per heavy atom. The van der Waals surface area contributed by atoms with Crippen molar-refractivity contribution in [3.8, 4) is 12.3 Å². The van der Waals surface area contributed by atoms with E-state index < -0.39 is 12.0 Å². The molecular weight excluding hydrogens is 202 g/mol. The van der Waals surface area contributed by atoms with E-state index in [1.165, 1.54) is 11.3 Å². The van der Waals surface area contributed by atoms with E-state index in [1.807, 2.05) is 0 Å². The van der Waals surface area contributed by atoms with Crippen LogP contribution in [-0.2, 0) is 4.79 Å². The van der Waals surface area contributed by atoms with E-state index in [9.17, 15) is 4.79 Å². The van der Waals surface area contributed by atoms with Gasteiger partial charge in [0.25, 0.3) is 0 Å². The Balaban J connectivity index is 2.65. The first-order chi connectivity index (χ1) is 6.63. The molecule has 0 saturated carbocycles. The number of aliphatic carboxylic acids is 1. The topological polar surface area (TPSA) is 75.1 Å². The fourth-order valence-corrected chi connectivity index (χ4v) is 1.47. The minimum absolute atomic E-state index is 0.119. The summed E-state index contributed by atoms with van der Waals surface area (Å²) in [6.45, 7) is 1.79. The number of hydrogen-bond donors (Lipinski definition) is 2. The van der Waals surface area contributed by atoms with Gasteiger partial charge in [-0.05, 0) is 6.92 Å². The van der Waals surface area contributed by atoms with Crippen molar-refractivity contribution in [2.24, 2.45) is 0 Å². The minimum atomic E-state index is -0.990. The number of aromatic nitrogens is 2. The van der Waals surface area contributed by atoms with E-state index in [1.54, 1.807) is 6.92 Å². The Kier molecular flexibility index (Phi) is 3.42. The van der Waals surface area contributed by atoms with Crippen LogP contribution in [0.3, 0.4) is 0 Å². The first-order valence-corrected chi connectivity index (χ1v) is 4.68. The summed E-state index contributed by atoms with van der Waals surface area (Å²) in [5.74, 6) is 1.30. The van der Waals surface area contributed by atoms with Crippen LogP contribution in [0.15, 0.2) is 0 Å². The smallest absolute Gasteiger partial charge is 0.327 e. The van der Waals surface area contributed by atoms with E-state index in [4.69, 9.17) is 11.5 Å². The van der Waals surface area contributed by atoms with Crippen molar-refractivity contribution < 1.29 is 9.90 Å². The molecule has 0 aliphatic carbocycles. The molecule has 6 heteroatoms. The van der Waals surface area contributed by atoms with Crippen LogP contribution in [0.4, 0.5) is 5.13 Å². The number of anilines is 1. The number of hydrogen-bond acceptors (Lipinski definition) is 5. The largest absolute Gasteiger partial charge is 0.480 e. The maximum atomic E-state index is 10.7. The number of rotatable bonds is 4. The molecule has 5 nitrogen and oxygen atoms in total. The highest BCUT2D eigenvalue weighted by Crippen LogP contribution is 2.15. The van der Waals surface area contributed by atoms with Crippen LogP contribution in [0.1, 0.15) is 11.4 Å². The van der Waals surface area contributed by atoms with Crippen molar-refractivity contribution in [1.82, 2.24) is 10.2 Å². The second-order valence-electron chi connectivity index (χ2n) is 2.57. The van der Waals surface area contributed by atoms with Gasteiger partial charge >= 0.3 is 5.97 Å². The predicted octanol–water partition coefficient (Wildman–Crippen LogP) is 0.735. The number of nitrogens with zero attached hydrogens (tertiary/aromatic N) is 2. The molecule has 2 N–H and O–H groups in total. The highest BCUT2D eigenvalue weighted by atomic mass is 32.1. The summed E-state index contributed by atoms with van der Waals surface area (Å²) in [5.41, 5.74) is 0. The fraction of sp³-hybridized carbons (Fsp3) is 0.375. The number of carboxylic acid groups (broad SMARTS) is 1. The lowest BCUT2D eigenvalue weighted by atomic mass is 10.2. The summed E-state index contributed by atoms with van der Waals surface area (Å²) < 4.78 is 0. The Morgan fingerprint density at radius 3 is 2.93 bits per heavy atom. The minimum Gasteiger partial charge on any atom is -0.480 e. The normalized spacial score (nSPS) is 11.7. The quantitative estimate of drug-likeness (QED) is 0.718. The number of nitrogens with one attached hydrogen (secondary N) is 1. The van der Waals surface area contributed by atoms with Crippen molar-refractivity contribution in [2.45, 2.75) is 19.4 Å². The summed E-state index contributed by atoms with van der Waals surface area (Å²) in [5, 5.41) is 20.2. The van der Waals surface area contributed by atoms with Crippen molar-refractivity contribution in [2.75, 3.05) is 5.32 Å². The van der Waals surface area contributed by atoms with E-state index in [0.717, 1.165) is 5.01 Å². The average molecular weight is 211 g/mol. The summed E-state index contributed by atoms with van der Waals surface area (Å²) >= 11 is 1.29. The molecule has 0 saturated heterocycles. The van der Waals surface area contributed by atoms with Gasteiger partial charge in [-0.25, -0.2) is 4.79 Å². The summed E-state index contributed by atoms with van der Waals surface area (Å²) in [6.07, 6.45) is 5.16.